The topological polar surface area (TPSA) is 69.6 Å². The Labute approximate surface area is 102 Å². The van der Waals surface area contributed by atoms with Crippen LogP contribution in [0.15, 0.2) is 0 Å². The summed E-state index contributed by atoms with van der Waals surface area (Å²) in [5.74, 6) is -0.894. The first kappa shape index (κ1) is 14.0. The highest BCUT2D eigenvalue weighted by Crippen LogP contribution is 2.25. The summed E-state index contributed by atoms with van der Waals surface area (Å²) in [6.07, 6.45) is 1.29. The number of carbonyl (C=O) groups is 2. The Balaban J connectivity index is 2.84. The second-order valence-corrected chi connectivity index (χ2v) is 5.09. The molecule has 1 amide bonds. The zero-order valence-corrected chi connectivity index (χ0v) is 10.8. The molecule has 0 bridgehead atoms. The molecule has 5 heteroatoms. The van der Waals surface area contributed by atoms with Crippen LogP contribution in [0.3, 0.4) is 0 Å². The van der Waals surface area contributed by atoms with E-state index in [2.05, 4.69) is 24.1 Å². The lowest BCUT2D eigenvalue weighted by Gasteiger charge is -2.40. The monoisotopic (exact) mass is 242 g/mol. The van der Waals surface area contributed by atoms with Gasteiger partial charge in [0.15, 0.2) is 0 Å². The third-order valence-electron chi connectivity index (χ3n) is 3.46. The van der Waals surface area contributed by atoms with Gasteiger partial charge in [-0.15, -0.1) is 0 Å². The highest BCUT2D eigenvalue weighted by molar-refractivity contribution is 5.82. The number of nitrogens with zero attached hydrogens (tertiary/aromatic N) is 1. The molecule has 1 unspecified atom stereocenters. The molecule has 1 atom stereocenters. The average molecular weight is 242 g/mol. The second kappa shape index (κ2) is 5.49. The van der Waals surface area contributed by atoms with Crippen LogP contribution in [0.5, 0.6) is 0 Å². The Morgan fingerprint density at radius 3 is 2.76 bits per heavy atom. The van der Waals surface area contributed by atoms with E-state index in [9.17, 15) is 9.59 Å². The van der Waals surface area contributed by atoms with Crippen LogP contribution in [0.1, 0.15) is 40.0 Å². The third-order valence-corrected chi connectivity index (χ3v) is 3.46. The van der Waals surface area contributed by atoms with Crippen molar-refractivity contribution in [3.8, 4) is 0 Å². The van der Waals surface area contributed by atoms with Gasteiger partial charge < -0.3 is 10.4 Å². The SMILES string of the molecule is CCN1C(CCC(=O)O)C(=O)NCCC1(C)C. The largest absolute Gasteiger partial charge is 0.481 e. The summed E-state index contributed by atoms with van der Waals surface area (Å²) in [7, 11) is 0. The van der Waals surface area contributed by atoms with E-state index in [1.807, 2.05) is 6.92 Å². The normalized spacial score (nSPS) is 25.1. The van der Waals surface area contributed by atoms with Gasteiger partial charge in [0.25, 0.3) is 0 Å². The molecule has 1 aliphatic heterocycles. The van der Waals surface area contributed by atoms with Gasteiger partial charge in [-0.2, -0.15) is 0 Å². The van der Waals surface area contributed by atoms with E-state index in [0.717, 1.165) is 13.0 Å². The first-order valence-electron chi connectivity index (χ1n) is 6.14. The molecule has 1 saturated heterocycles. The molecule has 17 heavy (non-hydrogen) atoms. The number of hydrogen-bond acceptors (Lipinski definition) is 3. The molecule has 1 heterocycles. The molecular formula is C12H22N2O3. The number of rotatable bonds is 4. The molecule has 0 aromatic heterocycles. The van der Waals surface area contributed by atoms with Crippen molar-refractivity contribution in [2.24, 2.45) is 0 Å². The molecule has 0 saturated carbocycles. The van der Waals surface area contributed by atoms with Crippen molar-refractivity contribution < 1.29 is 14.7 Å². The lowest BCUT2D eigenvalue weighted by Crippen LogP contribution is -2.52. The number of nitrogens with one attached hydrogen (secondary N) is 1. The van der Waals surface area contributed by atoms with Crippen molar-refractivity contribution in [2.45, 2.75) is 51.6 Å². The standard InChI is InChI=1S/C12H22N2O3/c1-4-14-9(5-6-10(15)16)11(17)13-8-7-12(14,2)3/h9H,4-8H2,1-3H3,(H,13,17)(H,15,16). The highest BCUT2D eigenvalue weighted by atomic mass is 16.4. The predicted molar refractivity (Wildman–Crippen MR) is 64.7 cm³/mol. The number of aliphatic carboxylic acids is 1. The number of likely N-dealkylation sites (N-methyl/N-ethyl adjacent to an activating group) is 1. The van der Waals surface area contributed by atoms with Crippen LogP contribution < -0.4 is 5.32 Å². The van der Waals surface area contributed by atoms with Gasteiger partial charge in [0.1, 0.15) is 0 Å². The molecular weight excluding hydrogens is 220 g/mol. The summed E-state index contributed by atoms with van der Waals surface area (Å²) in [6, 6.07) is -0.325. The van der Waals surface area contributed by atoms with Crippen molar-refractivity contribution >= 4 is 11.9 Å². The summed E-state index contributed by atoms with van der Waals surface area (Å²) in [5.41, 5.74) is -0.0723. The molecule has 0 aromatic rings. The highest BCUT2D eigenvalue weighted by Gasteiger charge is 2.37. The number of amides is 1. The number of carboxylic acids is 1. The van der Waals surface area contributed by atoms with E-state index in [4.69, 9.17) is 5.11 Å². The minimum Gasteiger partial charge on any atom is -0.481 e. The minimum absolute atomic E-state index is 0.0324. The molecule has 0 aliphatic carbocycles. The fraction of sp³-hybridized carbons (Fsp3) is 0.833. The van der Waals surface area contributed by atoms with Gasteiger partial charge in [-0.25, -0.2) is 0 Å². The Hall–Kier alpha value is -1.10. The lowest BCUT2D eigenvalue weighted by molar-refractivity contribution is -0.138. The van der Waals surface area contributed by atoms with E-state index in [1.165, 1.54) is 0 Å². The van der Waals surface area contributed by atoms with E-state index in [1.54, 1.807) is 0 Å². The van der Waals surface area contributed by atoms with Crippen molar-refractivity contribution in [3.05, 3.63) is 0 Å². The first-order chi connectivity index (χ1) is 7.88. The molecule has 0 aromatic carbocycles. The fourth-order valence-corrected chi connectivity index (χ4v) is 2.51. The predicted octanol–water partition coefficient (Wildman–Crippen LogP) is 0.840. The van der Waals surface area contributed by atoms with Gasteiger partial charge in [0.2, 0.25) is 5.91 Å². The minimum atomic E-state index is -0.851. The van der Waals surface area contributed by atoms with E-state index in [0.29, 0.717) is 13.0 Å². The Kier molecular flexibility index (Phi) is 4.51. The molecule has 1 rings (SSSR count). The van der Waals surface area contributed by atoms with E-state index in [-0.39, 0.29) is 23.9 Å². The summed E-state index contributed by atoms with van der Waals surface area (Å²) < 4.78 is 0. The van der Waals surface area contributed by atoms with Crippen LogP contribution >= 0.6 is 0 Å². The van der Waals surface area contributed by atoms with E-state index >= 15 is 0 Å². The van der Waals surface area contributed by atoms with Crippen LogP contribution in [0.4, 0.5) is 0 Å². The molecule has 0 radical (unpaired) electrons. The third kappa shape index (κ3) is 3.43. The second-order valence-electron chi connectivity index (χ2n) is 5.09. The summed E-state index contributed by atoms with van der Waals surface area (Å²) in [5, 5.41) is 11.6. The maximum Gasteiger partial charge on any atom is 0.303 e. The quantitative estimate of drug-likeness (QED) is 0.766. The smallest absolute Gasteiger partial charge is 0.303 e. The molecule has 1 aliphatic rings. The summed E-state index contributed by atoms with van der Waals surface area (Å²) >= 11 is 0. The van der Waals surface area contributed by atoms with Crippen molar-refractivity contribution in [1.82, 2.24) is 10.2 Å². The van der Waals surface area contributed by atoms with Gasteiger partial charge in [-0.1, -0.05) is 6.92 Å². The van der Waals surface area contributed by atoms with Gasteiger partial charge in [0, 0.05) is 18.5 Å². The zero-order valence-electron chi connectivity index (χ0n) is 10.8. The fourth-order valence-electron chi connectivity index (χ4n) is 2.51. The van der Waals surface area contributed by atoms with Gasteiger partial charge in [-0.3, -0.25) is 14.5 Å². The summed E-state index contributed by atoms with van der Waals surface area (Å²) in [6.45, 7) is 7.62. The molecule has 1 fully saturated rings. The van der Waals surface area contributed by atoms with Crippen molar-refractivity contribution in [1.29, 1.82) is 0 Å². The molecule has 5 nitrogen and oxygen atoms in total. The Bertz CT molecular complexity index is 302. The zero-order chi connectivity index (χ0) is 13.1. The molecule has 0 spiro atoms. The average Bonchev–Trinajstić information content (AvgIpc) is 2.32. The lowest BCUT2D eigenvalue weighted by atomic mass is 9.95. The number of carboxylic acid groups (broad SMARTS) is 1. The maximum absolute atomic E-state index is 11.9. The van der Waals surface area contributed by atoms with Crippen LogP contribution in [-0.4, -0.2) is 46.6 Å². The van der Waals surface area contributed by atoms with Crippen LogP contribution in [0, 0.1) is 0 Å². The van der Waals surface area contributed by atoms with Crippen LogP contribution in [0.25, 0.3) is 0 Å². The first-order valence-corrected chi connectivity index (χ1v) is 6.14. The summed E-state index contributed by atoms with van der Waals surface area (Å²) in [4.78, 5) is 24.7. The molecule has 2 N–H and O–H groups in total. The van der Waals surface area contributed by atoms with Gasteiger partial charge >= 0.3 is 5.97 Å². The van der Waals surface area contributed by atoms with Crippen LogP contribution in [-0.2, 0) is 9.59 Å². The van der Waals surface area contributed by atoms with Crippen LogP contribution in [0.2, 0.25) is 0 Å². The Morgan fingerprint density at radius 2 is 2.24 bits per heavy atom. The van der Waals surface area contributed by atoms with Gasteiger partial charge in [0.05, 0.1) is 6.04 Å². The van der Waals surface area contributed by atoms with E-state index < -0.39 is 5.97 Å². The van der Waals surface area contributed by atoms with Crippen molar-refractivity contribution in [2.75, 3.05) is 13.1 Å². The Morgan fingerprint density at radius 1 is 1.59 bits per heavy atom. The number of carbonyl (C=O) groups excluding carboxylic acids is 1. The number of hydrogen-bond donors (Lipinski definition) is 2. The molecule has 98 valence electrons. The van der Waals surface area contributed by atoms with Crippen molar-refractivity contribution in [3.63, 3.8) is 0 Å². The van der Waals surface area contributed by atoms with Gasteiger partial charge in [-0.05, 0) is 33.2 Å². The maximum atomic E-state index is 11.9.